The van der Waals surface area contributed by atoms with Crippen molar-refractivity contribution in [3.8, 4) is 0 Å². The highest BCUT2D eigenvalue weighted by Gasteiger charge is 2.34. The lowest BCUT2D eigenvalue weighted by molar-refractivity contribution is -0.233. The van der Waals surface area contributed by atoms with E-state index >= 15 is 0 Å². The first-order valence-corrected chi connectivity index (χ1v) is 14.0. The van der Waals surface area contributed by atoms with Gasteiger partial charge in [0.25, 0.3) is 0 Å². The molecule has 192 valence electrons. The Morgan fingerprint density at radius 1 is 0.812 bits per heavy atom. The van der Waals surface area contributed by atoms with E-state index < -0.39 is 19.4 Å². The highest BCUT2D eigenvalue weighted by molar-refractivity contribution is 7.70. The number of ether oxygens (including phenoxy) is 2. The Bertz CT molecular complexity index is 471. The molecule has 9 heteroatoms. The molecule has 0 amide bonds. The van der Waals surface area contributed by atoms with Gasteiger partial charge in [0.05, 0.1) is 13.2 Å². The zero-order valence-corrected chi connectivity index (χ0v) is 21.2. The van der Waals surface area contributed by atoms with Crippen molar-refractivity contribution in [2.75, 3.05) is 26.9 Å². The molecule has 0 bridgehead atoms. The van der Waals surface area contributed by atoms with Gasteiger partial charge in [0, 0.05) is 7.11 Å². The number of carbonyl (C=O) groups is 1. The second-order valence-corrected chi connectivity index (χ2v) is 9.89. The predicted octanol–water partition coefficient (Wildman–Crippen LogP) is 6.53. The molecule has 0 aliphatic carbocycles. The molecule has 0 saturated carbocycles. The number of aliphatic hydroxyl groups is 1. The first-order valence-electron chi connectivity index (χ1n) is 12.4. The summed E-state index contributed by atoms with van der Waals surface area (Å²) in [5.41, 5.74) is -1.34. The van der Waals surface area contributed by atoms with Crippen LogP contribution in [0.25, 0.3) is 0 Å². The van der Waals surface area contributed by atoms with E-state index in [1.165, 1.54) is 84.2 Å². The van der Waals surface area contributed by atoms with Crippen molar-refractivity contribution in [2.24, 2.45) is 0 Å². The SMILES string of the molecule is CCCCCCCCCCCCCCCCCCOC(=O)P(=O)(O)OOC[C@@H](CO)OC. The van der Waals surface area contributed by atoms with E-state index in [1.54, 1.807) is 0 Å². The third-order valence-corrected chi connectivity index (χ3v) is 6.30. The van der Waals surface area contributed by atoms with Crippen molar-refractivity contribution in [1.29, 1.82) is 0 Å². The third-order valence-electron chi connectivity index (χ3n) is 5.40. The Hall–Kier alpha value is -0.500. The van der Waals surface area contributed by atoms with Gasteiger partial charge in [0.15, 0.2) is 0 Å². The summed E-state index contributed by atoms with van der Waals surface area (Å²) in [5, 5.41) is 8.90. The molecule has 1 unspecified atom stereocenters. The molecule has 2 atom stereocenters. The van der Waals surface area contributed by atoms with Crippen molar-refractivity contribution in [1.82, 2.24) is 0 Å². The van der Waals surface area contributed by atoms with Crippen LogP contribution in [0.4, 0.5) is 4.79 Å². The first kappa shape index (κ1) is 31.5. The molecule has 0 spiro atoms. The van der Waals surface area contributed by atoms with Crippen molar-refractivity contribution in [3.63, 3.8) is 0 Å². The van der Waals surface area contributed by atoms with Gasteiger partial charge >= 0.3 is 13.3 Å². The quantitative estimate of drug-likeness (QED) is 0.0691. The van der Waals surface area contributed by atoms with Gasteiger partial charge in [0.2, 0.25) is 0 Å². The fourth-order valence-electron chi connectivity index (χ4n) is 3.29. The minimum Gasteiger partial charge on any atom is -0.457 e. The zero-order valence-electron chi connectivity index (χ0n) is 20.3. The van der Waals surface area contributed by atoms with Crippen LogP contribution < -0.4 is 0 Å². The first-order chi connectivity index (χ1) is 15.5. The van der Waals surface area contributed by atoms with Gasteiger partial charge in [-0.2, -0.15) is 0 Å². The smallest absolute Gasteiger partial charge is 0.457 e. The Kier molecular flexibility index (Phi) is 22.0. The summed E-state index contributed by atoms with van der Waals surface area (Å²) < 4.78 is 25.6. The molecule has 0 heterocycles. The maximum Gasteiger partial charge on any atom is 0.462 e. The summed E-state index contributed by atoms with van der Waals surface area (Å²) in [5.74, 6) is 0. The van der Waals surface area contributed by atoms with Gasteiger partial charge in [-0.1, -0.05) is 103 Å². The lowest BCUT2D eigenvalue weighted by Gasteiger charge is -2.13. The fourth-order valence-corrected chi connectivity index (χ4v) is 3.81. The summed E-state index contributed by atoms with van der Waals surface area (Å²) in [7, 11) is -3.33. The van der Waals surface area contributed by atoms with E-state index in [1.807, 2.05) is 0 Å². The van der Waals surface area contributed by atoms with E-state index in [2.05, 4.69) is 16.5 Å². The summed E-state index contributed by atoms with van der Waals surface area (Å²) in [6.45, 7) is 1.69. The van der Waals surface area contributed by atoms with Crippen molar-refractivity contribution < 1.29 is 38.4 Å². The fraction of sp³-hybridized carbons (Fsp3) is 0.957. The highest BCUT2D eigenvalue weighted by atomic mass is 31.2. The van der Waals surface area contributed by atoms with E-state index in [9.17, 15) is 14.3 Å². The van der Waals surface area contributed by atoms with Gasteiger partial charge in [0.1, 0.15) is 12.7 Å². The zero-order chi connectivity index (χ0) is 23.9. The second-order valence-electron chi connectivity index (χ2n) is 8.34. The maximum absolute atomic E-state index is 11.7. The standard InChI is InChI=1S/C23H47O8P/c1-3-4-5-6-7-8-9-10-11-12-13-14-15-16-17-18-19-29-23(25)32(26,27)31-30-21-22(20-24)28-2/h22,24H,3-21H2,1-2H3,(H,26,27)/t22-/m1/s1. The molecular weight excluding hydrogens is 435 g/mol. The normalized spacial score (nSPS) is 14.2. The molecule has 0 rings (SSSR count). The Labute approximate surface area is 194 Å². The minimum absolute atomic E-state index is 0.0719. The van der Waals surface area contributed by atoms with E-state index in [0.29, 0.717) is 6.42 Å². The van der Waals surface area contributed by atoms with Crippen molar-refractivity contribution in [3.05, 3.63) is 0 Å². The van der Waals surface area contributed by atoms with Gasteiger partial charge in [-0.3, -0.25) is 0 Å². The molecule has 0 aliphatic heterocycles. The monoisotopic (exact) mass is 482 g/mol. The van der Waals surface area contributed by atoms with Crippen LogP contribution in [0.5, 0.6) is 0 Å². The minimum atomic E-state index is -4.67. The summed E-state index contributed by atoms with van der Waals surface area (Å²) in [4.78, 5) is 25.6. The van der Waals surface area contributed by atoms with E-state index in [-0.39, 0.29) is 19.8 Å². The predicted molar refractivity (Wildman–Crippen MR) is 126 cm³/mol. The van der Waals surface area contributed by atoms with Crippen molar-refractivity contribution >= 4 is 13.3 Å². The van der Waals surface area contributed by atoms with E-state index in [4.69, 9.17) is 14.6 Å². The Balaban J connectivity index is 3.45. The van der Waals surface area contributed by atoms with Crippen LogP contribution in [0.2, 0.25) is 0 Å². The van der Waals surface area contributed by atoms with Crippen LogP contribution in [0, 0.1) is 0 Å². The lowest BCUT2D eigenvalue weighted by atomic mass is 10.0. The van der Waals surface area contributed by atoms with Crippen molar-refractivity contribution in [2.45, 2.75) is 116 Å². The number of unbranched alkanes of at least 4 members (excludes halogenated alkanes) is 15. The lowest BCUT2D eigenvalue weighted by Crippen LogP contribution is -2.22. The molecular formula is C23H47O8P. The Morgan fingerprint density at radius 2 is 1.25 bits per heavy atom. The number of hydrogen-bond donors (Lipinski definition) is 2. The molecule has 0 fully saturated rings. The molecule has 8 nitrogen and oxygen atoms in total. The summed E-state index contributed by atoms with van der Waals surface area (Å²) in [6, 6.07) is 0. The number of aliphatic hydroxyl groups excluding tert-OH is 1. The molecule has 0 aliphatic rings. The van der Waals surface area contributed by atoms with Crippen LogP contribution in [0.15, 0.2) is 0 Å². The van der Waals surface area contributed by atoms with Gasteiger partial charge in [-0.15, -0.1) is 4.67 Å². The summed E-state index contributed by atoms with van der Waals surface area (Å²) in [6.07, 6.45) is 19.2. The largest absolute Gasteiger partial charge is 0.462 e. The molecule has 0 radical (unpaired) electrons. The van der Waals surface area contributed by atoms with Gasteiger partial charge in [-0.25, -0.2) is 14.2 Å². The Morgan fingerprint density at radius 3 is 1.66 bits per heavy atom. The maximum atomic E-state index is 11.7. The van der Waals surface area contributed by atoms with Gasteiger partial charge < -0.3 is 19.5 Å². The second kappa shape index (κ2) is 22.3. The summed E-state index contributed by atoms with van der Waals surface area (Å²) >= 11 is 0. The molecule has 0 aromatic rings. The average molecular weight is 483 g/mol. The van der Waals surface area contributed by atoms with Crippen LogP contribution in [-0.4, -0.2) is 48.7 Å². The van der Waals surface area contributed by atoms with Crippen LogP contribution in [-0.2, 0) is 23.6 Å². The number of rotatable bonds is 24. The molecule has 2 N–H and O–H groups in total. The highest BCUT2D eigenvalue weighted by Crippen LogP contribution is 2.44. The number of methoxy groups -OCH3 is 1. The third kappa shape index (κ3) is 19.0. The van der Waals surface area contributed by atoms with Gasteiger partial charge in [-0.05, 0) is 6.42 Å². The molecule has 0 aromatic heterocycles. The molecule has 0 saturated heterocycles. The van der Waals surface area contributed by atoms with Crippen LogP contribution >= 0.6 is 7.60 Å². The number of carbonyl (C=O) groups excluding carboxylic acids is 1. The molecule has 32 heavy (non-hydrogen) atoms. The molecule has 0 aromatic carbocycles. The van der Waals surface area contributed by atoms with Crippen LogP contribution in [0.3, 0.4) is 0 Å². The van der Waals surface area contributed by atoms with E-state index in [0.717, 1.165) is 19.3 Å². The van der Waals surface area contributed by atoms with Crippen LogP contribution in [0.1, 0.15) is 110 Å². The number of hydrogen-bond acceptors (Lipinski definition) is 7. The average Bonchev–Trinajstić information content (AvgIpc) is 2.78. The topological polar surface area (TPSA) is 112 Å².